The summed E-state index contributed by atoms with van der Waals surface area (Å²) in [5.41, 5.74) is 3.86. The molecule has 2 heterocycles. The van der Waals surface area contributed by atoms with Crippen molar-refractivity contribution in [1.82, 2.24) is 15.6 Å². The second-order valence-electron chi connectivity index (χ2n) is 10.2. The number of aromatic hydroxyl groups is 1. The lowest BCUT2D eigenvalue weighted by Crippen LogP contribution is -2.42. The summed E-state index contributed by atoms with van der Waals surface area (Å²) >= 11 is 0. The Kier molecular flexibility index (Phi) is 4.55. The highest BCUT2D eigenvalue weighted by Gasteiger charge is 2.80. The second kappa shape index (κ2) is 7.71. The zero-order valence-corrected chi connectivity index (χ0v) is 19.6. The van der Waals surface area contributed by atoms with Crippen molar-refractivity contribution in [1.29, 1.82) is 0 Å². The highest BCUT2D eigenvalue weighted by Crippen LogP contribution is 2.77. The fourth-order valence-corrected chi connectivity index (χ4v) is 6.06. The molecule has 3 amide bonds. The van der Waals surface area contributed by atoms with E-state index in [0.29, 0.717) is 36.1 Å². The third-order valence-corrected chi connectivity index (χ3v) is 8.13. The van der Waals surface area contributed by atoms with Crippen molar-refractivity contribution in [3.63, 3.8) is 0 Å². The number of carbonyl (C=O) groups excluding carboxylic acids is 2. The van der Waals surface area contributed by atoms with Gasteiger partial charge < -0.3 is 25.8 Å². The summed E-state index contributed by atoms with van der Waals surface area (Å²) in [6, 6.07) is 15.1. The number of pyridine rings is 1. The molecule has 0 bridgehead atoms. The molecule has 1 aromatic heterocycles. The lowest BCUT2D eigenvalue weighted by Gasteiger charge is -2.20. The lowest BCUT2D eigenvalue weighted by atomic mass is 9.99. The van der Waals surface area contributed by atoms with E-state index in [1.165, 1.54) is 11.1 Å². The molecule has 0 spiro atoms. The van der Waals surface area contributed by atoms with Crippen LogP contribution in [0.25, 0.3) is 0 Å². The maximum Gasteiger partial charge on any atom is 0.315 e. The van der Waals surface area contributed by atoms with Crippen LogP contribution in [0.2, 0.25) is 0 Å². The van der Waals surface area contributed by atoms with Gasteiger partial charge in [0.15, 0.2) is 0 Å². The Labute approximate surface area is 208 Å². The minimum Gasteiger partial charge on any atom is -0.508 e. The zero-order valence-electron chi connectivity index (χ0n) is 19.6. The summed E-state index contributed by atoms with van der Waals surface area (Å²) in [6.07, 6.45) is 5.36. The van der Waals surface area contributed by atoms with Gasteiger partial charge in [-0.3, -0.25) is 4.79 Å². The smallest absolute Gasteiger partial charge is 0.315 e. The molecule has 7 rings (SSSR count). The van der Waals surface area contributed by atoms with Crippen LogP contribution < -0.4 is 20.7 Å². The van der Waals surface area contributed by atoms with Gasteiger partial charge in [-0.15, -0.1) is 0 Å². The van der Waals surface area contributed by atoms with E-state index in [0.717, 1.165) is 30.4 Å². The van der Waals surface area contributed by atoms with Crippen LogP contribution >= 0.6 is 0 Å². The number of nitrogens with one attached hydrogen (secondary N) is 3. The van der Waals surface area contributed by atoms with Crippen molar-refractivity contribution >= 4 is 17.8 Å². The first-order valence-corrected chi connectivity index (χ1v) is 12.5. The number of hydrogen-bond acceptors (Lipinski definition) is 5. The summed E-state index contributed by atoms with van der Waals surface area (Å²) in [7, 11) is 0. The topological polar surface area (TPSA) is 113 Å². The molecule has 36 heavy (non-hydrogen) atoms. The number of rotatable bonds is 5. The zero-order chi connectivity index (χ0) is 24.4. The van der Waals surface area contributed by atoms with Crippen LogP contribution in [0.3, 0.4) is 0 Å². The minimum absolute atomic E-state index is 0.0354. The van der Waals surface area contributed by atoms with Crippen LogP contribution in [0.4, 0.5) is 10.6 Å². The fraction of sp³-hybridized carbons (Fsp3) is 0.321. The Bertz CT molecular complexity index is 1420. The van der Waals surface area contributed by atoms with Crippen molar-refractivity contribution in [2.75, 3.05) is 5.32 Å². The van der Waals surface area contributed by atoms with Gasteiger partial charge in [0.2, 0.25) is 5.91 Å². The first-order valence-electron chi connectivity index (χ1n) is 12.5. The molecule has 0 saturated heterocycles. The van der Waals surface area contributed by atoms with Gasteiger partial charge in [-0.2, -0.15) is 0 Å². The maximum absolute atomic E-state index is 12.9. The SMILES string of the molecule is O=C1CCc2c(Oc3ccc(O)c(C4C5CC54NC(=O)NC4CCc5ccccc54)c3)ccnc2N1. The summed E-state index contributed by atoms with van der Waals surface area (Å²) < 4.78 is 6.17. The Hall–Kier alpha value is -4.07. The number of urea groups is 1. The van der Waals surface area contributed by atoms with Gasteiger partial charge in [0, 0.05) is 29.7 Å². The number of aromatic nitrogens is 1. The van der Waals surface area contributed by atoms with Gasteiger partial charge >= 0.3 is 6.03 Å². The van der Waals surface area contributed by atoms with E-state index >= 15 is 0 Å². The number of aryl methyl sites for hydroxylation is 1. The van der Waals surface area contributed by atoms with Crippen LogP contribution in [-0.4, -0.2) is 27.6 Å². The first kappa shape index (κ1) is 21.2. The number of hydrogen-bond donors (Lipinski definition) is 4. The molecule has 4 N–H and O–H groups in total. The molecule has 0 radical (unpaired) electrons. The quantitative estimate of drug-likeness (QED) is 0.433. The summed E-state index contributed by atoms with van der Waals surface area (Å²) in [4.78, 5) is 28.8. The van der Waals surface area contributed by atoms with Crippen LogP contribution in [0.15, 0.2) is 54.7 Å². The number of benzene rings is 2. The molecule has 2 fully saturated rings. The van der Waals surface area contributed by atoms with Crippen molar-refractivity contribution < 1.29 is 19.4 Å². The van der Waals surface area contributed by atoms with Gasteiger partial charge in [-0.05, 0) is 67.0 Å². The predicted octanol–water partition coefficient (Wildman–Crippen LogP) is 4.31. The number of phenolic OH excluding ortho intramolecular Hbond substituents is 1. The predicted molar refractivity (Wildman–Crippen MR) is 132 cm³/mol. The molecule has 4 aliphatic rings. The number of ether oxygens (including phenoxy) is 1. The van der Waals surface area contributed by atoms with Crippen LogP contribution in [0, 0.1) is 5.92 Å². The molecule has 8 heteroatoms. The normalized spacial score (nSPS) is 26.7. The second-order valence-corrected chi connectivity index (χ2v) is 10.2. The minimum atomic E-state index is -0.293. The van der Waals surface area contributed by atoms with E-state index in [1.54, 1.807) is 24.4 Å². The summed E-state index contributed by atoms with van der Waals surface area (Å²) in [5.74, 6) is 2.31. The standard InChI is InChI=1S/C28H26N4O4/c33-22-9-6-16(36-23-11-12-29-26-18(23)7-10-24(34)31-26)13-19(22)25-20-14-28(20,25)32-27(35)30-21-8-5-15-3-1-2-4-17(15)21/h1-4,6,9,11-13,20-21,25,33H,5,7-8,10,14H2,(H,29,31,34)(H2,30,32,35). The van der Waals surface area contributed by atoms with Crippen LogP contribution in [0.1, 0.15) is 53.5 Å². The third-order valence-electron chi connectivity index (χ3n) is 8.13. The lowest BCUT2D eigenvalue weighted by molar-refractivity contribution is -0.116. The number of anilines is 1. The van der Waals surface area contributed by atoms with Crippen molar-refractivity contribution in [2.45, 2.75) is 49.6 Å². The Morgan fingerprint density at radius 1 is 1.11 bits per heavy atom. The molecule has 8 nitrogen and oxygen atoms in total. The number of carbonyl (C=O) groups is 2. The Morgan fingerprint density at radius 2 is 2.00 bits per heavy atom. The van der Waals surface area contributed by atoms with Crippen LogP contribution in [-0.2, 0) is 17.6 Å². The van der Waals surface area contributed by atoms with Crippen molar-refractivity contribution in [2.24, 2.45) is 5.92 Å². The average Bonchev–Trinajstić information content (AvgIpc) is 3.67. The molecule has 182 valence electrons. The Morgan fingerprint density at radius 3 is 2.89 bits per heavy atom. The molecule has 4 atom stereocenters. The molecule has 3 aliphatic carbocycles. The number of fused-ring (bicyclic) bond motifs is 3. The molecule has 2 saturated carbocycles. The highest BCUT2D eigenvalue weighted by atomic mass is 16.5. The molecule has 2 aromatic carbocycles. The van der Waals surface area contributed by atoms with Gasteiger partial charge in [0.1, 0.15) is 23.1 Å². The molecule has 4 unspecified atom stereocenters. The molecular formula is C28H26N4O4. The molecule has 1 aliphatic heterocycles. The summed E-state index contributed by atoms with van der Waals surface area (Å²) in [5, 5.41) is 19.8. The molecular weight excluding hydrogens is 456 g/mol. The van der Waals surface area contributed by atoms with Gasteiger partial charge in [-0.25, -0.2) is 9.78 Å². The van der Waals surface area contributed by atoms with E-state index < -0.39 is 0 Å². The highest BCUT2D eigenvalue weighted by molar-refractivity contribution is 5.93. The molecule has 3 aromatic rings. The summed E-state index contributed by atoms with van der Waals surface area (Å²) in [6.45, 7) is 0. The van der Waals surface area contributed by atoms with Crippen molar-refractivity contribution in [3.05, 3.63) is 77.0 Å². The van der Waals surface area contributed by atoms with E-state index in [1.807, 2.05) is 18.2 Å². The van der Waals surface area contributed by atoms with Gasteiger partial charge in [-0.1, -0.05) is 24.3 Å². The van der Waals surface area contributed by atoms with Crippen molar-refractivity contribution in [3.8, 4) is 17.2 Å². The number of amides is 3. The van der Waals surface area contributed by atoms with E-state index in [-0.39, 0.29) is 35.2 Å². The van der Waals surface area contributed by atoms with Crippen LogP contribution in [0.5, 0.6) is 17.2 Å². The monoisotopic (exact) mass is 482 g/mol. The van der Waals surface area contributed by atoms with E-state index in [9.17, 15) is 14.7 Å². The van der Waals surface area contributed by atoms with Gasteiger partial charge in [0.25, 0.3) is 0 Å². The fourth-order valence-electron chi connectivity index (χ4n) is 6.06. The van der Waals surface area contributed by atoms with E-state index in [2.05, 4.69) is 33.1 Å². The maximum atomic E-state index is 12.9. The Balaban J connectivity index is 1.05. The number of phenols is 1. The third kappa shape index (κ3) is 3.39. The van der Waals surface area contributed by atoms with E-state index in [4.69, 9.17) is 4.74 Å². The number of nitrogens with zero attached hydrogens (tertiary/aromatic N) is 1. The average molecular weight is 483 g/mol. The first-order chi connectivity index (χ1) is 17.5. The largest absolute Gasteiger partial charge is 0.508 e. The van der Waals surface area contributed by atoms with Gasteiger partial charge in [0.05, 0.1) is 11.6 Å².